The number of ether oxygens (including phenoxy) is 1. The van der Waals surface area contributed by atoms with Crippen LogP contribution in [0.1, 0.15) is 284 Å². The zero-order valence-electron chi connectivity index (χ0n) is 42.5. The quantitative estimate of drug-likeness (QED) is 0.0321. The van der Waals surface area contributed by atoms with Gasteiger partial charge in [-0.15, -0.1) is 0 Å². The number of aliphatic hydroxyl groups is 2. The summed E-state index contributed by atoms with van der Waals surface area (Å²) in [6.45, 7) is 4.88. The fraction of sp³-hybridized carbons (Fsp3) is 0.828. The third kappa shape index (κ3) is 49.3. The Labute approximate surface area is 397 Å². The molecule has 0 saturated heterocycles. The maximum atomic E-state index is 12.4. The molecule has 0 bridgehead atoms. The smallest absolute Gasteiger partial charge is 0.305 e. The Bertz CT molecular complexity index is 1080. The summed E-state index contributed by atoms with van der Waals surface area (Å²) in [7, 11) is 0. The summed E-state index contributed by atoms with van der Waals surface area (Å²) in [5.41, 5.74) is 0. The Hall–Kier alpha value is -2.18. The van der Waals surface area contributed by atoms with Crippen LogP contribution in [0.5, 0.6) is 0 Å². The summed E-state index contributed by atoms with van der Waals surface area (Å²) < 4.78 is 5.46. The number of amides is 1. The van der Waals surface area contributed by atoms with Crippen molar-refractivity contribution >= 4 is 11.9 Å². The molecule has 6 nitrogen and oxygen atoms in total. The van der Waals surface area contributed by atoms with Gasteiger partial charge in [-0.05, 0) is 89.9 Å². The van der Waals surface area contributed by atoms with Gasteiger partial charge in [0.05, 0.1) is 25.4 Å². The molecule has 0 fully saturated rings. The van der Waals surface area contributed by atoms with Crippen LogP contribution in [0.4, 0.5) is 0 Å². The lowest BCUT2D eigenvalue weighted by atomic mass is 10.0. The molecule has 6 heteroatoms. The summed E-state index contributed by atoms with van der Waals surface area (Å²) >= 11 is 0. The van der Waals surface area contributed by atoms with Crippen LogP contribution in [0.15, 0.2) is 48.6 Å². The first-order valence-electron chi connectivity index (χ1n) is 27.9. The van der Waals surface area contributed by atoms with Crippen molar-refractivity contribution in [3.8, 4) is 0 Å². The highest BCUT2D eigenvalue weighted by Gasteiger charge is 2.20. The molecule has 2 atom stereocenters. The topological polar surface area (TPSA) is 95.9 Å². The van der Waals surface area contributed by atoms with Gasteiger partial charge in [-0.1, -0.05) is 229 Å². The molecule has 0 aliphatic carbocycles. The maximum absolute atomic E-state index is 12.4. The van der Waals surface area contributed by atoms with Gasteiger partial charge in [0.2, 0.25) is 5.91 Å². The van der Waals surface area contributed by atoms with E-state index >= 15 is 0 Å². The van der Waals surface area contributed by atoms with E-state index in [4.69, 9.17) is 4.74 Å². The van der Waals surface area contributed by atoms with Gasteiger partial charge in [-0.25, -0.2) is 0 Å². The average molecular weight is 898 g/mol. The molecule has 374 valence electrons. The highest BCUT2D eigenvalue weighted by Crippen LogP contribution is 2.15. The van der Waals surface area contributed by atoms with Crippen molar-refractivity contribution < 1.29 is 24.5 Å². The lowest BCUT2D eigenvalue weighted by Crippen LogP contribution is -2.45. The number of rotatable bonds is 51. The van der Waals surface area contributed by atoms with Crippen LogP contribution < -0.4 is 5.32 Å². The second-order valence-corrected chi connectivity index (χ2v) is 18.9. The van der Waals surface area contributed by atoms with Crippen LogP contribution >= 0.6 is 0 Å². The van der Waals surface area contributed by atoms with Crippen molar-refractivity contribution in [1.29, 1.82) is 0 Å². The minimum absolute atomic E-state index is 0.00777. The van der Waals surface area contributed by atoms with Crippen LogP contribution in [0.25, 0.3) is 0 Å². The van der Waals surface area contributed by atoms with E-state index in [2.05, 4.69) is 67.8 Å². The summed E-state index contributed by atoms with van der Waals surface area (Å²) in [6.07, 6.45) is 66.8. The van der Waals surface area contributed by atoms with Gasteiger partial charge in [0.1, 0.15) is 0 Å². The van der Waals surface area contributed by atoms with Gasteiger partial charge in [0.25, 0.3) is 0 Å². The van der Waals surface area contributed by atoms with E-state index < -0.39 is 12.1 Å². The Morgan fingerprint density at radius 1 is 0.438 bits per heavy atom. The number of hydrogen-bond acceptors (Lipinski definition) is 5. The van der Waals surface area contributed by atoms with Crippen LogP contribution in [0.2, 0.25) is 0 Å². The Kier molecular flexibility index (Phi) is 51.6. The lowest BCUT2D eigenvalue weighted by Gasteiger charge is -2.22. The molecule has 0 aliphatic rings. The van der Waals surface area contributed by atoms with Crippen molar-refractivity contribution in [3.05, 3.63) is 48.6 Å². The number of carbonyl (C=O) groups excluding carboxylic acids is 2. The molecule has 0 aliphatic heterocycles. The largest absolute Gasteiger partial charge is 0.466 e. The second-order valence-electron chi connectivity index (χ2n) is 18.9. The third-order valence-corrected chi connectivity index (χ3v) is 12.6. The normalized spacial score (nSPS) is 13.0. The number of allylic oxidation sites excluding steroid dienone is 8. The van der Waals surface area contributed by atoms with Crippen LogP contribution in [-0.4, -0.2) is 47.4 Å². The molecule has 0 aromatic rings. The molecule has 64 heavy (non-hydrogen) atoms. The predicted octanol–water partition coefficient (Wildman–Crippen LogP) is 17.0. The van der Waals surface area contributed by atoms with E-state index in [0.717, 1.165) is 70.6 Å². The van der Waals surface area contributed by atoms with E-state index in [1.807, 2.05) is 0 Å². The lowest BCUT2D eigenvalue weighted by molar-refractivity contribution is -0.143. The first-order chi connectivity index (χ1) is 31.5. The van der Waals surface area contributed by atoms with E-state index in [1.54, 1.807) is 0 Å². The molecule has 1 amide bonds. The fourth-order valence-electron chi connectivity index (χ4n) is 8.29. The second kappa shape index (κ2) is 53.4. The van der Waals surface area contributed by atoms with Crippen molar-refractivity contribution in [3.63, 3.8) is 0 Å². The summed E-state index contributed by atoms with van der Waals surface area (Å²) in [5.74, 6) is -0.0567. The number of unbranched alkanes of at least 4 members (excludes halogenated alkanes) is 32. The van der Waals surface area contributed by atoms with Gasteiger partial charge in [-0.3, -0.25) is 9.59 Å². The first kappa shape index (κ1) is 61.8. The van der Waals surface area contributed by atoms with E-state index in [0.29, 0.717) is 25.9 Å². The number of esters is 1. The SMILES string of the molecule is CCCCC/C=C\C/C=C\CCCCCCCC(=O)OCCCCCCCCCCC/C=C\C/C=C\CCCCCCCCCC(=O)NC(CO)C(O)CCCCCCCCCCC. The Balaban J connectivity index is 3.44. The van der Waals surface area contributed by atoms with Gasteiger partial charge in [0.15, 0.2) is 0 Å². The summed E-state index contributed by atoms with van der Waals surface area (Å²) in [5, 5.41) is 23.1. The Morgan fingerprint density at radius 3 is 1.22 bits per heavy atom. The van der Waals surface area contributed by atoms with Crippen molar-refractivity contribution in [2.45, 2.75) is 296 Å². The van der Waals surface area contributed by atoms with Crippen LogP contribution in [0, 0.1) is 0 Å². The molecule has 0 aromatic heterocycles. The molecule has 0 heterocycles. The minimum Gasteiger partial charge on any atom is -0.466 e. The molecule has 0 spiro atoms. The molecule has 0 saturated carbocycles. The maximum Gasteiger partial charge on any atom is 0.305 e. The Morgan fingerprint density at radius 2 is 0.781 bits per heavy atom. The zero-order chi connectivity index (χ0) is 46.5. The zero-order valence-corrected chi connectivity index (χ0v) is 42.5. The number of nitrogens with one attached hydrogen (secondary N) is 1. The van der Waals surface area contributed by atoms with E-state index in [9.17, 15) is 19.8 Å². The van der Waals surface area contributed by atoms with Gasteiger partial charge in [-0.2, -0.15) is 0 Å². The van der Waals surface area contributed by atoms with Gasteiger partial charge >= 0.3 is 5.97 Å². The van der Waals surface area contributed by atoms with Crippen molar-refractivity contribution in [2.75, 3.05) is 13.2 Å². The highest BCUT2D eigenvalue weighted by molar-refractivity contribution is 5.76. The standard InChI is InChI=1S/C58H107NO5/c1-3-5-7-9-11-13-14-15-25-29-32-36-40-44-48-52-58(63)64-53-49-45-41-37-33-30-27-24-22-20-18-16-17-19-21-23-26-28-31-35-39-43-47-51-57(62)59-55(54-60)56(61)50-46-42-38-34-12-10-8-6-4-2/h11,13,15-16,18-19,21,25,55-56,60-61H,3-10,12,14,17,20,22-24,26-54H2,1-2H3,(H,59,62)/b13-11-,18-16-,21-19-,25-15-. The fourth-order valence-corrected chi connectivity index (χ4v) is 8.29. The predicted molar refractivity (Wildman–Crippen MR) is 278 cm³/mol. The molecular formula is C58H107NO5. The monoisotopic (exact) mass is 898 g/mol. The molecule has 0 radical (unpaired) electrons. The van der Waals surface area contributed by atoms with Crippen molar-refractivity contribution in [2.24, 2.45) is 0 Å². The molecule has 3 N–H and O–H groups in total. The first-order valence-corrected chi connectivity index (χ1v) is 27.9. The minimum atomic E-state index is -0.669. The molecular weight excluding hydrogens is 791 g/mol. The summed E-state index contributed by atoms with van der Waals surface area (Å²) in [4.78, 5) is 24.4. The van der Waals surface area contributed by atoms with Gasteiger partial charge in [0, 0.05) is 12.8 Å². The number of aliphatic hydroxyl groups excluding tert-OH is 2. The van der Waals surface area contributed by atoms with Crippen LogP contribution in [-0.2, 0) is 14.3 Å². The van der Waals surface area contributed by atoms with E-state index in [1.165, 1.54) is 180 Å². The number of hydrogen-bond donors (Lipinski definition) is 3. The average Bonchev–Trinajstić information content (AvgIpc) is 3.29. The molecule has 0 aromatic carbocycles. The number of carbonyl (C=O) groups is 2. The van der Waals surface area contributed by atoms with Crippen LogP contribution in [0.3, 0.4) is 0 Å². The highest BCUT2D eigenvalue weighted by atomic mass is 16.5. The molecule has 0 rings (SSSR count). The summed E-state index contributed by atoms with van der Waals surface area (Å²) in [6, 6.07) is -0.548. The van der Waals surface area contributed by atoms with Crippen molar-refractivity contribution in [1.82, 2.24) is 5.32 Å². The molecule has 2 unspecified atom stereocenters. The van der Waals surface area contributed by atoms with Gasteiger partial charge < -0.3 is 20.3 Å². The third-order valence-electron chi connectivity index (χ3n) is 12.6. The van der Waals surface area contributed by atoms with E-state index in [-0.39, 0.29) is 18.5 Å².